The van der Waals surface area contributed by atoms with Crippen LogP contribution in [0, 0.1) is 0 Å². The van der Waals surface area contributed by atoms with E-state index in [1.54, 1.807) is 28.4 Å². The Morgan fingerprint density at radius 1 is 0.340 bits per heavy atom. The van der Waals surface area contributed by atoms with Gasteiger partial charge in [-0.05, 0) is 58.7 Å². The first-order valence-corrected chi connectivity index (χ1v) is 15.5. The standard InChI is InChI=1S/C42H38O5/c1-43-35-23-15-21-33(29-35)41(31-17-7-5-8-18-31,37-25-11-13-27-39(37)45-3)47-42(32-19-9-6-10-20-32,34-22-16-24-36(30-34)44-2)38-26-12-14-28-40(38)46-4/h5-30H,1-4H3. The summed E-state index contributed by atoms with van der Waals surface area (Å²) in [5.41, 5.74) is 2.62. The van der Waals surface area contributed by atoms with Crippen molar-refractivity contribution in [2.75, 3.05) is 28.4 Å². The van der Waals surface area contributed by atoms with Crippen LogP contribution in [0.5, 0.6) is 23.0 Å². The Hall–Kier alpha value is -5.52. The van der Waals surface area contributed by atoms with Gasteiger partial charge in [0, 0.05) is 11.1 Å². The number of methoxy groups -OCH3 is 4. The van der Waals surface area contributed by atoms with Crippen LogP contribution in [0.3, 0.4) is 0 Å². The van der Waals surface area contributed by atoms with Crippen LogP contribution in [0.1, 0.15) is 33.4 Å². The molecule has 0 aliphatic rings. The van der Waals surface area contributed by atoms with Gasteiger partial charge in [-0.2, -0.15) is 0 Å². The zero-order valence-corrected chi connectivity index (χ0v) is 27.1. The van der Waals surface area contributed by atoms with Crippen LogP contribution in [0.2, 0.25) is 0 Å². The molecule has 6 rings (SSSR count). The number of benzene rings is 6. The van der Waals surface area contributed by atoms with E-state index in [1.807, 2.05) is 109 Å². The molecule has 0 aliphatic carbocycles. The summed E-state index contributed by atoms with van der Waals surface area (Å²) in [7, 11) is 6.72. The van der Waals surface area contributed by atoms with Crippen LogP contribution in [0.15, 0.2) is 158 Å². The summed E-state index contributed by atoms with van der Waals surface area (Å²) < 4.78 is 32.0. The molecule has 5 heteroatoms. The second-order valence-electron chi connectivity index (χ2n) is 11.1. The first kappa shape index (κ1) is 31.5. The number of para-hydroxylation sites is 2. The summed E-state index contributed by atoms with van der Waals surface area (Å²) >= 11 is 0. The Bertz CT molecular complexity index is 1780. The average Bonchev–Trinajstić information content (AvgIpc) is 3.16. The Kier molecular flexibility index (Phi) is 9.28. The van der Waals surface area contributed by atoms with Gasteiger partial charge in [0.25, 0.3) is 0 Å². The second kappa shape index (κ2) is 13.9. The topological polar surface area (TPSA) is 46.2 Å². The highest BCUT2D eigenvalue weighted by molar-refractivity contribution is 5.59. The zero-order valence-electron chi connectivity index (χ0n) is 27.1. The largest absolute Gasteiger partial charge is 0.497 e. The lowest BCUT2D eigenvalue weighted by Crippen LogP contribution is -2.45. The third kappa shape index (κ3) is 5.71. The van der Waals surface area contributed by atoms with E-state index >= 15 is 0 Å². The van der Waals surface area contributed by atoms with E-state index in [4.69, 9.17) is 23.7 Å². The summed E-state index contributed by atoms with van der Waals surface area (Å²) in [6.45, 7) is 0. The maximum atomic E-state index is 8.16. The lowest BCUT2D eigenvalue weighted by Gasteiger charge is -2.46. The summed E-state index contributed by atoms with van der Waals surface area (Å²) in [6.07, 6.45) is 0. The summed E-state index contributed by atoms with van der Waals surface area (Å²) in [5.74, 6) is 2.74. The van der Waals surface area contributed by atoms with E-state index < -0.39 is 11.2 Å². The quantitative estimate of drug-likeness (QED) is 0.128. The van der Waals surface area contributed by atoms with Crippen LogP contribution in [0.25, 0.3) is 0 Å². The summed E-state index contributed by atoms with van der Waals surface area (Å²) in [6, 6.07) is 52.6. The number of ether oxygens (including phenoxy) is 5. The van der Waals surface area contributed by atoms with Gasteiger partial charge < -0.3 is 23.7 Å². The number of hydrogen-bond donors (Lipinski definition) is 0. The molecule has 0 N–H and O–H groups in total. The molecule has 0 aromatic heterocycles. The van der Waals surface area contributed by atoms with Gasteiger partial charge in [-0.3, -0.25) is 0 Å². The van der Waals surface area contributed by atoms with Crippen LogP contribution < -0.4 is 18.9 Å². The minimum Gasteiger partial charge on any atom is -0.497 e. The van der Waals surface area contributed by atoms with Gasteiger partial charge in [0.15, 0.2) is 0 Å². The Balaban J connectivity index is 1.84. The summed E-state index contributed by atoms with van der Waals surface area (Å²) in [5, 5.41) is 0. The summed E-state index contributed by atoms with van der Waals surface area (Å²) in [4.78, 5) is 0. The third-order valence-corrected chi connectivity index (χ3v) is 8.59. The van der Waals surface area contributed by atoms with Crippen molar-refractivity contribution in [2.24, 2.45) is 0 Å². The molecule has 47 heavy (non-hydrogen) atoms. The molecular formula is C42H38O5. The first-order valence-electron chi connectivity index (χ1n) is 15.5. The minimum absolute atomic E-state index is 0.673. The van der Waals surface area contributed by atoms with E-state index in [1.165, 1.54) is 0 Å². The lowest BCUT2D eigenvalue weighted by atomic mass is 9.74. The Labute approximate surface area is 276 Å². The molecule has 6 aromatic rings. The fourth-order valence-electron chi connectivity index (χ4n) is 6.43. The molecule has 2 atom stereocenters. The van der Waals surface area contributed by atoms with Crippen LogP contribution in [-0.4, -0.2) is 28.4 Å². The minimum atomic E-state index is -1.26. The lowest BCUT2D eigenvalue weighted by molar-refractivity contribution is -0.0828. The molecule has 0 aliphatic heterocycles. The molecule has 2 unspecified atom stereocenters. The van der Waals surface area contributed by atoms with Gasteiger partial charge >= 0.3 is 0 Å². The van der Waals surface area contributed by atoms with Crippen molar-refractivity contribution in [1.29, 1.82) is 0 Å². The monoisotopic (exact) mass is 622 g/mol. The number of hydrogen-bond acceptors (Lipinski definition) is 5. The van der Waals surface area contributed by atoms with Gasteiger partial charge in [0.05, 0.1) is 28.4 Å². The zero-order chi connectivity index (χ0) is 32.7. The van der Waals surface area contributed by atoms with E-state index in [2.05, 4.69) is 48.5 Å². The highest BCUT2D eigenvalue weighted by Gasteiger charge is 2.51. The van der Waals surface area contributed by atoms with Crippen molar-refractivity contribution < 1.29 is 23.7 Å². The normalized spacial score (nSPS) is 13.5. The molecular weight excluding hydrogens is 584 g/mol. The van der Waals surface area contributed by atoms with Crippen molar-refractivity contribution in [1.82, 2.24) is 0 Å². The molecule has 0 amide bonds. The van der Waals surface area contributed by atoms with Gasteiger partial charge in [-0.25, -0.2) is 0 Å². The third-order valence-electron chi connectivity index (χ3n) is 8.59. The van der Waals surface area contributed by atoms with Crippen molar-refractivity contribution in [3.8, 4) is 23.0 Å². The molecule has 0 saturated heterocycles. The van der Waals surface area contributed by atoms with E-state index in [0.29, 0.717) is 23.0 Å². The van der Waals surface area contributed by atoms with Gasteiger partial charge in [-0.1, -0.05) is 121 Å². The van der Waals surface area contributed by atoms with E-state index in [0.717, 1.165) is 33.4 Å². The van der Waals surface area contributed by atoms with Crippen molar-refractivity contribution in [3.05, 3.63) is 191 Å². The molecule has 6 aromatic carbocycles. The van der Waals surface area contributed by atoms with Gasteiger partial charge in [0.1, 0.15) is 34.2 Å². The first-order chi connectivity index (χ1) is 23.1. The van der Waals surface area contributed by atoms with Crippen LogP contribution in [0.4, 0.5) is 0 Å². The SMILES string of the molecule is COc1cccc(C(OC(c2ccccc2)(c2cccc(OC)c2)c2ccccc2OC)(c2ccccc2)c2ccccc2OC)c1. The fraction of sp³-hybridized carbons (Fsp3) is 0.143. The Morgan fingerprint density at radius 3 is 1.09 bits per heavy atom. The predicted octanol–water partition coefficient (Wildman–Crippen LogP) is 9.02. The molecule has 5 nitrogen and oxygen atoms in total. The highest BCUT2D eigenvalue weighted by atomic mass is 16.5. The maximum Gasteiger partial charge on any atom is 0.149 e. The number of rotatable bonds is 12. The van der Waals surface area contributed by atoms with E-state index in [9.17, 15) is 0 Å². The van der Waals surface area contributed by atoms with E-state index in [-0.39, 0.29) is 0 Å². The van der Waals surface area contributed by atoms with Crippen LogP contribution in [-0.2, 0) is 15.9 Å². The van der Waals surface area contributed by atoms with Crippen molar-refractivity contribution in [3.63, 3.8) is 0 Å². The maximum absolute atomic E-state index is 8.16. The molecule has 0 radical (unpaired) electrons. The predicted molar refractivity (Wildman–Crippen MR) is 186 cm³/mol. The molecule has 0 bridgehead atoms. The fourth-order valence-corrected chi connectivity index (χ4v) is 6.43. The highest BCUT2D eigenvalue weighted by Crippen LogP contribution is 2.54. The Morgan fingerprint density at radius 2 is 0.702 bits per heavy atom. The average molecular weight is 623 g/mol. The molecule has 0 spiro atoms. The van der Waals surface area contributed by atoms with Crippen molar-refractivity contribution in [2.45, 2.75) is 11.2 Å². The molecule has 0 saturated carbocycles. The van der Waals surface area contributed by atoms with Gasteiger partial charge in [0.2, 0.25) is 0 Å². The van der Waals surface area contributed by atoms with Crippen molar-refractivity contribution >= 4 is 0 Å². The second-order valence-corrected chi connectivity index (χ2v) is 11.1. The smallest absolute Gasteiger partial charge is 0.149 e. The van der Waals surface area contributed by atoms with Gasteiger partial charge in [-0.15, -0.1) is 0 Å². The van der Waals surface area contributed by atoms with Crippen LogP contribution >= 0.6 is 0 Å². The molecule has 0 fully saturated rings. The molecule has 236 valence electrons. The molecule has 0 heterocycles.